The number of nitrogens with zero attached hydrogens (tertiary/aromatic N) is 2. The summed E-state index contributed by atoms with van der Waals surface area (Å²) in [5.74, 6) is 0.205. The molecule has 2 fully saturated rings. The van der Waals surface area contributed by atoms with E-state index in [9.17, 15) is 9.90 Å². The average molecular weight is 280 g/mol. The molecule has 0 radical (unpaired) electrons. The van der Waals surface area contributed by atoms with Crippen LogP contribution < -0.4 is 0 Å². The Morgan fingerprint density at radius 2 is 2.25 bits per heavy atom. The van der Waals surface area contributed by atoms with Crippen LogP contribution in [0.25, 0.3) is 0 Å². The van der Waals surface area contributed by atoms with Crippen molar-refractivity contribution in [3.63, 3.8) is 0 Å². The number of hydrogen-bond acceptors (Lipinski definition) is 5. The number of oxazole rings is 1. The maximum Gasteiger partial charge on any atom is 0.291 e. The van der Waals surface area contributed by atoms with E-state index in [4.69, 9.17) is 9.15 Å². The van der Waals surface area contributed by atoms with E-state index in [0.29, 0.717) is 31.0 Å². The highest BCUT2D eigenvalue weighted by atomic mass is 16.5. The normalized spacial score (nSPS) is 28.4. The number of rotatable bonds is 2. The number of aliphatic hydroxyl groups is 1. The molecule has 1 aliphatic heterocycles. The highest BCUT2D eigenvalue weighted by Gasteiger charge is 2.56. The molecule has 1 saturated carbocycles. The second kappa shape index (κ2) is 4.86. The fraction of sp³-hybridized carbons (Fsp3) is 0.714. The number of aryl methyl sites for hydroxylation is 1. The third-order valence-electron chi connectivity index (χ3n) is 4.95. The molecule has 2 heterocycles. The van der Waals surface area contributed by atoms with Crippen LogP contribution in [0.4, 0.5) is 0 Å². The number of ether oxygens (including phenoxy) is 1. The Bertz CT molecular complexity index is 505. The van der Waals surface area contributed by atoms with Crippen LogP contribution in [0.1, 0.15) is 35.5 Å². The summed E-state index contributed by atoms with van der Waals surface area (Å²) in [5.41, 5.74) is 0.455. The minimum absolute atomic E-state index is 0.113. The Labute approximate surface area is 117 Å². The van der Waals surface area contributed by atoms with Crippen LogP contribution in [-0.2, 0) is 4.74 Å². The number of aromatic nitrogens is 1. The van der Waals surface area contributed by atoms with E-state index >= 15 is 0 Å². The third kappa shape index (κ3) is 1.86. The summed E-state index contributed by atoms with van der Waals surface area (Å²) in [6, 6.07) is 0. The minimum atomic E-state index is -0.309. The Morgan fingerprint density at radius 3 is 2.75 bits per heavy atom. The van der Waals surface area contributed by atoms with E-state index in [2.05, 4.69) is 4.98 Å². The summed E-state index contributed by atoms with van der Waals surface area (Å²) < 4.78 is 10.6. The van der Waals surface area contributed by atoms with E-state index in [1.807, 2.05) is 0 Å². The molecule has 1 saturated heterocycles. The topological polar surface area (TPSA) is 75.8 Å². The first kappa shape index (κ1) is 13.6. The second-order valence-electron chi connectivity index (χ2n) is 5.77. The van der Waals surface area contributed by atoms with Crippen molar-refractivity contribution in [2.75, 3.05) is 20.2 Å². The Morgan fingerprint density at radius 1 is 1.55 bits per heavy atom. The number of carbonyl (C=O) groups is 1. The van der Waals surface area contributed by atoms with Gasteiger partial charge in [0.25, 0.3) is 5.91 Å². The number of aliphatic hydroxyl groups excluding tert-OH is 1. The summed E-state index contributed by atoms with van der Waals surface area (Å²) in [5, 5.41) is 10.1. The van der Waals surface area contributed by atoms with Gasteiger partial charge in [-0.25, -0.2) is 4.98 Å². The molecule has 6 heteroatoms. The lowest BCUT2D eigenvalue weighted by molar-refractivity contribution is -0.199. The van der Waals surface area contributed by atoms with E-state index in [-0.39, 0.29) is 23.5 Å². The predicted octanol–water partition coefficient (Wildman–Crippen LogP) is 0.985. The molecule has 1 aromatic rings. The van der Waals surface area contributed by atoms with Crippen molar-refractivity contribution in [3.8, 4) is 0 Å². The fourth-order valence-corrected chi connectivity index (χ4v) is 3.49. The lowest BCUT2D eigenvalue weighted by Gasteiger charge is -2.56. The minimum Gasteiger partial charge on any atom is -0.438 e. The van der Waals surface area contributed by atoms with E-state index in [1.54, 1.807) is 18.9 Å². The summed E-state index contributed by atoms with van der Waals surface area (Å²) >= 11 is 0. The highest BCUT2D eigenvalue weighted by Crippen LogP contribution is 2.50. The van der Waals surface area contributed by atoms with Crippen molar-refractivity contribution in [2.45, 2.75) is 38.4 Å². The van der Waals surface area contributed by atoms with Crippen LogP contribution in [0.5, 0.6) is 0 Å². The quantitative estimate of drug-likeness (QED) is 0.874. The number of likely N-dealkylation sites (tertiary alicyclic amines) is 1. The number of piperidine rings is 1. The largest absolute Gasteiger partial charge is 0.438 e. The monoisotopic (exact) mass is 280 g/mol. The Kier molecular flexibility index (Phi) is 3.30. The van der Waals surface area contributed by atoms with Crippen LogP contribution in [0.3, 0.4) is 0 Å². The first-order valence-corrected chi connectivity index (χ1v) is 6.98. The Balaban J connectivity index is 1.67. The average Bonchev–Trinajstić information content (AvgIpc) is 2.90. The standard InChI is InChI=1S/C14H20N2O4/c1-9-12(20-8-15-9)13(18)16-5-3-14(4-6-16)10(17)7-11(14)19-2/h8,10-11,17H,3-7H2,1-2H3/t10-,11+/m0/s1. The van der Waals surface area contributed by atoms with E-state index in [0.717, 1.165) is 12.8 Å². The summed E-state index contributed by atoms with van der Waals surface area (Å²) in [6.45, 7) is 3.00. The van der Waals surface area contributed by atoms with Crippen LogP contribution in [0, 0.1) is 12.3 Å². The molecule has 1 aliphatic carbocycles. The Hall–Kier alpha value is -1.40. The first-order valence-electron chi connectivity index (χ1n) is 6.98. The van der Waals surface area contributed by atoms with Gasteiger partial charge in [0.15, 0.2) is 6.39 Å². The van der Waals surface area contributed by atoms with Gasteiger partial charge in [-0.2, -0.15) is 0 Å². The molecule has 3 rings (SSSR count). The number of carbonyl (C=O) groups excluding carboxylic acids is 1. The lowest BCUT2D eigenvalue weighted by atomic mass is 9.58. The molecule has 0 aromatic carbocycles. The van der Waals surface area contributed by atoms with Gasteiger partial charge in [-0.15, -0.1) is 0 Å². The van der Waals surface area contributed by atoms with Crippen molar-refractivity contribution < 1.29 is 19.1 Å². The maximum absolute atomic E-state index is 12.3. The van der Waals surface area contributed by atoms with Crippen molar-refractivity contribution in [1.82, 2.24) is 9.88 Å². The van der Waals surface area contributed by atoms with Crippen LogP contribution >= 0.6 is 0 Å². The molecule has 6 nitrogen and oxygen atoms in total. The molecule has 0 unspecified atom stereocenters. The van der Waals surface area contributed by atoms with Gasteiger partial charge in [-0.1, -0.05) is 0 Å². The lowest BCUT2D eigenvalue weighted by Crippen LogP contribution is -2.62. The van der Waals surface area contributed by atoms with Gasteiger partial charge in [0.1, 0.15) is 0 Å². The van der Waals surface area contributed by atoms with Crippen molar-refractivity contribution >= 4 is 5.91 Å². The van der Waals surface area contributed by atoms with Gasteiger partial charge >= 0.3 is 0 Å². The zero-order valence-corrected chi connectivity index (χ0v) is 11.8. The summed E-state index contributed by atoms with van der Waals surface area (Å²) in [7, 11) is 1.69. The maximum atomic E-state index is 12.3. The molecule has 0 bridgehead atoms. The number of methoxy groups -OCH3 is 1. The van der Waals surface area contributed by atoms with Gasteiger partial charge < -0.3 is 19.2 Å². The van der Waals surface area contributed by atoms with Gasteiger partial charge in [0.05, 0.1) is 17.9 Å². The van der Waals surface area contributed by atoms with Crippen molar-refractivity contribution in [2.24, 2.45) is 5.41 Å². The molecule has 1 N–H and O–H groups in total. The van der Waals surface area contributed by atoms with Crippen molar-refractivity contribution in [1.29, 1.82) is 0 Å². The fourth-order valence-electron chi connectivity index (χ4n) is 3.49. The molecule has 20 heavy (non-hydrogen) atoms. The molecule has 1 spiro atoms. The summed E-state index contributed by atoms with van der Waals surface area (Å²) in [6.07, 6.45) is 3.34. The second-order valence-corrected chi connectivity index (χ2v) is 5.77. The zero-order valence-electron chi connectivity index (χ0n) is 11.8. The van der Waals surface area contributed by atoms with Crippen LogP contribution in [-0.4, -0.2) is 53.3 Å². The van der Waals surface area contributed by atoms with Crippen LogP contribution in [0.2, 0.25) is 0 Å². The van der Waals surface area contributed by atoms with Gasteiger partial charge in [-0.05, 0) is 19.8 Å². The van der Waals surface area contributed by atoms with Gasteiger partial charge in [0.2, 0.25) is 5.76 Å². The van der Waals surface area contributed by atoms with Gasteiger partial charge in [-0.3, -0.25) is 4.79 Å². The van der Waals surface area contributed by atoms with E-state index in [1.165, 1.54) is 6.39 Å². The van der Waals surface area contributed by atoms with E-state index < -0.39 is 0 Å². The van der Waals surface area contributed by atoms with Crippen molar-refractivity contribution in [3.05, 3.63) is 17.8 Å². The summed E-state index contributed by atoms with van der Waals surface area (Å²) in [4.78, 5) is 18.1. The first-order chi connectivity index (χ1) is 9.58. The van der Waals surface area contributed by atoms with Gasteiger partial charge in [0, 0.05) is 32.0 Å². The number of amides is 1. The molecule has 2 aliphatic rings. The SMILES string of the molecule is CO[C@@H]1C[C@H](O)C12CCN(C(=O)c1ocnc1C)CC2. The molecule has 2 atom stereocenters. The molecule has 1 aromatic heterocycles. The predicted molar refractivity (Wildman–Crippen MR) is 70.2 cm³/mol. The highest BCUT2D eigenvalue weighted by molar-refractivity contribution is 5.92. The smallest absolute Gasteiger partial charge is 0.291 e. The zero-order chi connectivity index (χ0) is 14.3. The third-order valence-corrected chi connectivity index (χ3v) is 4.95. The molecular formula is C14H20N2O4. The molecular weight excluding hydrogens is 260 g/mol. The molecule has 1 amide bonds. The molecule has 110 valence electrons. The van der Waals surface area contributed by atoms with Crippen LogP contribution in [0.15, 0.2) is 10.8 Å². The number of hydrogen-bond donors (Lipinski definition) is 1.